The molecule has 0 spiro atoms. The number of nitrogens with one attached hydrogen (secondary N) is 1. The molecule has 0 bridgehead atoms. The monoisotopic (exact) mass is 280 g/mol. The van der Waals surface area contributed by atoms with Crippen LogP contribution < -0.4 is 10.1 Å². The maximum absolute atomic E-state index is 13.9. The molecule has 1 saturated carbocycles. The summed E-state index contributed by atoms with van der Waals surface area (Å²) >= 11 is 0. The van der Waals surface area contributed by atoms with E-state index in [2.05, 4.69) is 17.1 Å². The fraction of sp³-hybridized carbons (Fsp3) is 0.625. The molecule has 1 aliphatic rings. The van der Waals surface area contributed by atoms with Gasteiger partial charge < -0.3 is 10.1 Å². The first kappa shape index (κ1) is 15.3. The van der Waals surface area contributed by atoms with Gasteiger partial charge in [-0.3, -0.25) is 4.90 Å². The maximum Gasteiger partial charge on any atom is 0.131 e. The molecular weight excluding hydrogens is 255 g/mol. The molecule has 1 atom stereocenters. The van der Waals surface area contributed by atoms with Crippen molar-refractivity contribution < 1.29 is 9.13 Å². The fourth-order valence-electron chi connectivity index (χ4n) is 2.56. The molecule has 20 heavy (non-hydrogen) atoms. The van der Waals surface area contributed by atoms with Crippen molar-refractivity contribution in [2.24, 2.45) is 0 Å². The van der Waals surface area contributed by atoms with E-state index in [1.54, 1.807) is 19.2 Å². The van der Waals surface area contributed by atoms with E-state index in [4.69, 9.17) is 4.74 Å². The van der Waals surface area contributed by atoms with E-state index >= 15 is 0 Å². The lowest BCUT2D eigenvalue weighted by atomic mass is 10.1. The number of benzene rings is 1. The number of halogens is 1. The number of hydrogen-bond acceptors (Lipinski definition) is 3. The molecule has 0 amide bonds. The summed E-state index contributed by atoms with van der Waals surface area (Å²) in [6, 6.07) is 5.84. The highest BCUT2D eigenvalue weighted by Gasteiger charge is 2.27. The van der Waals surface area contributed by atoms with Crippen LogP contribution in [0.15, 0.2) is 18.2 Å². The van der Waals surface area contributed by atoms with Crippen LogP contribution in [-0.4, -0.2) is 37.7 Å². The second-order valence-electron chi connectivity index (χ2n) is 5.42. The quantitative estimate of drug-likeness (QED) is 0.792. The fourth-order valence-corrected chi connectivity index (χ4v) is 2.56. The Morgan fingerprint density at radius 3 is 2.75 bits per heavy atom. The van der Waals surface area contributed by atoms with Gasteiger partial charge in [0.2, 0.25) is 0 Å². The summed E-state index contributed by atoms with van der Waals surface area (Å²) in [5.74, 6) is 0.350. The first-order valence-corrected chi connectivity index (χ1v) is 7.46. The molecule has 0 heterocycles. The Balaban J connectivity index is 1.83. The average molecular weight is 280 g/mol. The zero-order chi connectivity index (χ0) is 14.5. The van der Waals surface area contributed by atoms with E-state index in [0.717, 1.165) is 25.7 Å². The van der Waals surface area contributed by atoms with Gasteiger partial charge in [-0.05, 0) is 32.4 Å². The van der Waals surface area contributed by atoms with Crippen LogP contribution in [0.3, 0.4) is 0 Å². The Hall–Kier alpha value is -1.13. The van der Waals surface area contributed by atoms with Crippen molar-refractivity contribution in [3.63, 3.8) is 0 Å². The lowest BCUT2D eigenvalue weighted by Gasteiger charge is -2.22. The molecule has 1 N–H and O–H groups in total. The van der Waals surface area contributed by atoms with Crippen molar-refractivity contribution in [3.8, 4) is 5.75 Å². The third-order valence-corrected chi connectivity index (χ3v) is 3.99. The van der Waals surface area contributed by atoms with Gasteiger partial charge in [-0.25, -0.2) is 4.39 Å². The van der Waals surface area contributed by atoms with Crippen LogP contribution in [0, 0.1) is 5.82 Å². The van der Waals surface area contributed by atoms with Crippen molar-refractivity contribution in [2.45, 2.75) is 38.8 Å². The third kappa shape index (κ3) is 3.93. The number of hydrogen-bond donors (Lipinski definition) is 1. The molecule has 112 valence electrons. The first-order valence-electron chi connectivity index (χ1n) is 7.46. The Bertz CT molecular complexity index is 434. The number of likely N-dealkylation sites (N-methyl/N-ethyl adjacent to an activating group) is 1. The first-order chi connectivity index (χ1) is 9.65. The Labute approximate surface area is 121 Å². The minimum atomic E-state index is -0.209. The summed E-state index contributed by atoms with van der Waals surface area (Å²) in [6.07, 6.45) is 2.66. The molecular formula is C16H25FN2O. The van der Waals surface area contributed by atoms with E-state index < -0.39 is 0 Å². The van der Waals surface area contributed by atoms with Gasteiger partial charge >= 0.3 is 0 Å². The summed E-state index contributed by atoms with van der Waals surface area (Å²) in [4.78, 5) is 2.49. The topological polar surface area (TPSA) is 24.5 Å². The van der Waals surface area contributed by atoms with Crippen molar-refractivity contribution >= 4 is 0 Å². The molecule has 4 heteroatoms. The minimum Gasteiger partial charge on any atom is -0.497 e. The zero-order valence-corrected chi connectivity index (χ0v) is 12.7. The highest BCUT2D eigenvalue weighted by molar-refractivity contribution is 5.30. The Morgan fingerprint density at radius 2 is 2.20 bits per heavy atom. The molecule has 0 radical (unpaired) electrons. The minimum absolute atomic E-state index is 0.0128. The van der Waals surface area contributed by atoms with Crippen molar-refractivity contribution in [3.05, 3.63) is 29.6 Å². The van der Waals surface area contributed by atoms with Gasteiger partial charge in [0.1, 0.15) is 11.6 Å². The lowest BCUT2D eigenvalue weighted by molar-refractivity contribution is 0.273. The van der Waals surface area contributed by atoms with Gasteiger partial charge in [-0.1, -0.05) is 13.0 Å². The average Bonchev–Trinajstić information content (AvgIpc) is 3.27. The van der Waals surface area contributed by atoms with E-state index in [9.17, 15) is 4.39 Å². The summed E-state index contributed by atoms with van der Waals surface area (Å²) in [5, 5.41) is 3.40. The lowest BCUT2D eigenvalue weighted by Crippen LogP contribution is -2.34. The normalized spacial score (nSPS) is 16.4. The molecule has 3 nitrogen and oxygen atoms in total. The van der Waals surface area contributed by atoms with Gasteiger partial charge in [0.25, 0.3) is 0 Å². The van der Waals surface area contributed by atoms with Crippen LogP contribution in [0.1, 0.15) is 38.3 Å². The van der Waals surface area contributed by atoms with E-state index in [0.29, 0.717) is 11.3 Å². The molecule has 1 fully saturated rings. The van der Waals surface area contributed by atoms with Gasteiger partial charge in [0.15, 0.2) is 0 Å². The predicted molar refractivity (Wildman–Crippen MR) is 79.6 cm³/mol. The second-order valence-corrected chi connectivity index (χ2v) is 5.42. The Kier molecular flexibility index (Phi) is 5.38. The SMILES string of the molecule is CCN(CCNC(C)c1ccc(OC)cc1F)C1CC1. The van der Waals surface area contributed by atoms with Crippen LogP contribution in [0.2, 0.25) is 0 Å². The Morgan fingerprint density at radius 1 is 1.45 bits per heavy atom. The number of ether oxygens (including phenoxy) is 1. The second kappa shape index (κ2) is 7.04. The van der Waals surface area contributed by atoms with Crippen LogP contribution in [0.25, 0.3) is 0 Å². The molecule has 1 aliphatic carbocycles. The largest absolute Gasteiger partial charge is 0.497 e. The number of methoxy groups -OCH3 is 1. The standard InChI is InChI=1S/C16H25FN2O/c1-4-19(13-5-6-13)10-9-18-12(2)15-8-7-14(20-3)11-16(15)17/h7-8,11-13,18H,4-6,9-10H2,1-3H3. The summed E-state index contributed by atoms with van der Waals surface area (Å²) < 4.78 is 19.0. The molecule has 0 aromatic heterocycles. The maximum atomic E-state index is 13.9. The zero-order valence-electron chi connectivity index (χ0n) is 12.7. The van der Waals surface area contributed by atoms with E-state index in [-0.39, 0.29) is 11.9 Å². The third-order valence-electron chi connectivity index (χ3n) is 3.99. The number of nitrogens with zero attached hydrogens (tertiary/aromatic N) is 1. The van der Waals surface area contributed by atoms with Gasteiger partial charge in [-0.2, -0.15) is 0 Å². The van der Waals surface area contributed by atoms with Crippen LogP contribution in [0.5, 0.6) is 5.75 Å². The van der Waals surface area contributed by atoms with E-state index in [1.165, 1.54) is 18.9 Å². The molecule has 2 rings (SSSR count). The summed E-state index contributed by atoms with van der Waals surface area (Å²) in [7, 11) is 1.55. The van der Waals surface area contributed by atoms with E-state index in [1.807, 2.05) is 6.92 Å². The van der Waals surface area contributed by atoms with Gasteiger partial charge in [-0.15, -0.1) is 0 Å². The van der Waals surface area contributed by atoms with Gasteiger partial charge in [0.05, 0.1) is 7.11 Å². The highest BCUT2D eigenvalue weighted by Crippen LogP contribution is 2.26. The molecule has 0 saturated heterocycles. The number of rotatable bonds is 8. The van der Waals surface area contributed by atoms with Crippen molar-refractivity contribution in [1.82, 2.24) is 10.2 Å². The molecule has 1 unspecified atom stereocenters. The van der Waals surface area contributed by atoms with Crippen LogP contribution in [0.4, 0.5) is 4.39 Å². The summed E-state index contributed by atoms with van der Waals surface area (Å²) in [6.45, 7) is 7.21. The highest BCUT2D eigenvalue weighted by atomic mass is 19.1. The molecule has 1 aromatic rings. The summed E-state index contributed by atoms with van der Waals surface area (Å²) in [5.41, 5.74) is 0.695. The molecule has 0 aliphatic heterocycles. The molecule has 1 aromatic carbocycles. The van der Waals surface area contributed by atoms with Crippen LogP contribution in [-0.2, 0) is 0 Å². The van der Waals surface area contributed by atoms with Crippen LogP contribution >= 0.6 is 0 Å². The van der Waals surface area contributed by atoms with Gasteiger partial charge in [0, 0.05) is 36.8 Å². The van der Waals surface area contributed by atoms with Crippen molar-refractivity contribution in [1.29, 1.82) is 0 Å². The van der Waals surface area contributed by atoms with Crippen molar-refractivity contribution in [2.75, 3.05) is 26.7 Å². The predicted octanol–water partition coefficient (Wildman–Crippen LogP) is 2.97. The smallest absolute Gasteiger partial charge is 0.131 e.